The molecule has 2 amide bonds. The van der Waals surface area contributed by atoms with E-state index in [1.165, 1.54) is 16.2 Å². The van der Waals surface area contributed by atoms with E-state index in [0.29, 0.717) is 27.1 Å². The summed E-state index contributed by atoms with van der Waals surface area (Å²) in [5.74, 6) is 0.192. The largest absolute Gasteiger partial charge is 0.355 e. The van der Waals surface area contributed by atoms with Crippen LogP contribution in [0.15, 0.2) is 24.3 Å². The van der Waals surface area contributed by atoms with E-state index in [-0.39, 0.29) is 17.2 Å². The molecule has 3 rings (SSSR count). The molecule has 2 aromatic rings. The quantitative estimate of drug-likeness (QED) is 0.741. The number of nitrogens with one attached hydrogen (secondary N) is 2. The highest BCUT2D eigenvalue weighted by atomic mass is 35.5. The molecule has 1 aliphatic carbocycles. The fourth-order valence-corrected chi connectivity index (χ4v) is 5.00. The molecule has 0 spiro atoms. The maximum absolute atomic E-state index is 12.6. The lowest BCUT2D eigenvalue weighted by molar-refractivity contribution is 0.0963. The van der Waals surface area contributed by atoms with Crippen LogP contribution in [0.4, 0.5) is 5.00 Å². The van der Waals surface area contributed by atoms with Gasteiger partial charge in [0, 0.05) is 22.5 Å². The second-order valence-electron chi connectivity index (χ2n) is 8.05. The molecular formula is C21H25ClN2O2S. The molecule has 0 fully saturated rings. The van der Waals surface area contributed by atoms with Gasteiger partial charge in [-0.05, 0) is 60.4 Å². The van der Waals surface area contributed by atoms with E-state index >= 15 is 0 Å². The normalized spacial score (nSPS) is 16.6. The van der Waals surface area contributed by atoms with Crippen LogP contribution in [-0.4, -0.2) is 18.9 Å². The summed E-state index contributed by atoms with van der Waals surface area (Å²) >= 11 is 7.43. The molecule has 0 radical (unpaired) electrons. The van der Waals surface area contributed by atoms with Gasteiger partial charge in [-0.1, -0.05) is 32.4 Å². The van der Waals surface area contributed by atoms with Crippen molar-refractivity contribution in [1.29, 1.82) is 0 Å². The van der Waals surface area contributed by atoms with Crippen LogP contribution < -0.4 is 10.6 Å². The fraction of sp³-hybridized carbons (Fsp3) is 0.429. The number of carbonyl (C=O) groups excluding carboxylic acids is 2. The van der Waals surface area contributed by atoms with Crippen molar-refractivity contribution in [3.05, 3.63) is 50.9 Å². The molecule has 1 atom stereocenters. The van der Waals surface area contributed by atoms with Crippen molar-refractivity contribution >= 4 is 39.8 Å². The summed E-state index contributed by atoms with van der Waals surface area (Å²) in [5.41, 5.74) is 2.45. The predicted octanol–water partition coefficient (Wildman–Crippen LogP) is 5.16. The number of anilines is 1. The van der Waals surface area contributed by atoms with Crippen LogP contribution in [-0.2, 0) is 12.8 Å². The molecule has 0 saturated heterocycles. The summed E-state index contributed by atoms with van der Waals surface area (Å²) in [6.45, 7) is 6.79. The van der Waals surface area contributed by atoms with Crippen LogP contribution in [0, 0.1) is 11.3 Å². The minimum atomic E-state index is -0.234. The molecule has 0 aliphatic heterocycles. The zero-order valence-electron chi connectivity index (χ0n) is 16.1. The van der Waals surface area contributed by atoms with Crippen LogP contribution in [0.3, 0.4) is 0 Å². The summed E-state index contributed by atoms with van der Waals surface area (Å²) in [7, 11) is 1.62. The third-order valence-electron chi connectivity index (χ3n) is 5.28. The number of rotatable bonds is 3. The number of thiophene rings is 1. The second-order valence-corrected chi connectivity index (χ2v) is 9.60. The van der Waals surface area contributed by atoms with Gasteiger partial charge in [-0.3, -0.25) is 9.59 Å². The van der Waals surface area contributed by atoms with Crippen LogP contribution >= 0.6 is 22.9 Å². The first-order valence-electron chi connectivity index (χ1n) is 9.14. The molecule has 1 heterocycles. The first-order chi connectivity index (χ1) is 12.7. The first kappa shape index (κ1) is 19.9. The lowest BCUT2D eigenvalue weighted by atomic mass is 9.72. The molecule has 1 aromatic heterocycles. The number of fused-ring (bicyclic) bond motifs is 1. The average Bonchev–Trinajstić information content (AvgIpc) is 2.97. The molecular weight excluding hydrogens is 380 g/mol. The molecule has 6 heteroatoms. The monoisotopic (exact) mass is 404 g/mol. The van der Waals surface area contributed by atoms with Crippen molar-refractivity contribution in [2.45, 2.75) is 40.0 Å². The maximum Gasteiger partial charge on any atom is 0.256 e. The smallest absolute Gasteiger partial charge is 0.256 e. The van der Waals surface area contributed by atoms with Crippen molar-refractivity contribution in [2.24, 2.45) is 11.3 Å². The topological polar surface area (TPSA) is 58.2 Å². The summed E-state index contributed by atoms with van der Waals surface area (Å²) in [4.78, 5) is 26.4. The fourth-order valence-electron chi connectivity index (χ4n) is 3.55. The van der Waals surface area contributed by atoms with E-state index in [2.05, 4.69) is 31.4 Å². The van der Waals surface area contributed by atoms with Crippen molar-refractivity contribution in [3.63, 3.8) is 0 Å². The molecule has 0 bridgehead atoms. The summed E-state index contributed by atoms with van der Waals surface area (Å²) in [6, 6.07) is 6.73. The van der Waals surface area contributed by atoms with Crippen molar-refractivity contribution < 1.29 is 9.59 Å². The molecule has 27 heavy (non-hydrogen) atoms. The Kier molecular flexibility index (Phi) is 5.63. The van der Waals surface area contributed by atoms with Gasteiger partial charge in [0.2, 0.25) is 0 Å². The van der Waals surface area contributed by atoms with E-state index in [1.54, 1.807) is 31.3 Å². The van der Waals surface area contributed by atoms with Crippen molar-refractivity contribution in [3.8, 4) is 0 Å². The second kappa shape index (κ2) is 7.64. The van der Waals surface area contributed by atoms with Gasteiger partial charge in [-0.25, -0.2) is 0 Å². The van der Waals surface area contributed by atoms with Crippen molar-refractivity contribution in [2.75, 3.05) is 12.4 Å². The SMILES string of the molecule is CNC(=O)c1c(NC(=O)c2ccc(Cl)cc2)sc2c1CCC(C(C)(C)C)C2. The van der Waals surface area contributed by atoms with Crippen LogP contribution in [0.5, 0.6) is 0 Å². The summed E-state index contributed by atoms with van der Waals surface area (Å²) in [5, 5.41) is 6.88. The lowest BCUT2D eigenvalue weighted by Crippen LogP contribution is -2.27. The van der Waals surface area contributed by atoms with Gasteiger partial charge < -0.3 is 10.6 Å². The van der Waals surface area contributed by atoms with Gasteiger partial charge in [-0.2, -0.15) is 0 Å². The van der Waals surface area contributed by atoms with E-state index < -0.39 is 0 Å². The lowest BCUT2D eigenvalue weighted by Gasteiger charge is -2.33. The van der Waals surface area contributed by atoms with Crippen LogP contribution in [0.25, 0.3) is 0 Å². The third kappa shape index (κ3) is 4.19. The Labute approximate surface area is 169 Å². The highest BCUT2D eigenvalue weighted by Crippen LogP contribution is 2.44. The highest BCUT2D eigenvalue weighted by molar-refractivity contribution is 7.17. The van der Waals surface area contributed by atoms with E-state index in [0.717, 1.165) is 24.8 Å². The number of hydrogen-bond acceptors (Lipinski definition) is 3. The summed E-state index contributed by atoms with van der Waals surface area (Å²) < 4.78 is 0. The zero-order chi connectivity index (χ0) is 19.8. The zero-order valence-corrected chi connectivity index (χ0v) is 17.7. The minimum absolute atomic E-state index is 0.145. The Balaban J connectivity index is 1.93. The molecule has 2 N–H and O–H groups in total. The molecule has 4 nitrogen and oxygen atoms in total. The first-order valence-corrected chi connectivity index (χ1v) is 10.3. The molecule has 144 valence electrons. The van der Waals surface area contributed by atoms with Gasteiger partial charge in [-0.15, -0.1) is 11.3 Å². The number of benzene rings is 1. The Morgan fingerprint density at radius 2 is 1.81 bits per heavy atom. The highest BCUT2D eigenvalue weighted by Gasteiger charge is 2.33. The maximum atomic E-state index is 12.6. The predicted molar refractivity (Wildman–Crippen MR) is 112 cm³/mol. The Morgan fingerprint density at radius 3 is 2.41 bits per heavy atom. The van der Waals surface area contributed by atoms with Gasteiger partial charge in [0.05, 0.1) is 5.56 Å². The molecule has 1 aliphatic rings. The standard InChI is InChI=1S/C21H25ClN2O2S/c1-21(2,3)13-7-10-15-16(11-13)27-20(17(15)19(26)23-4)24-18(25)12-5-8-14(22)9-6-12/h5-6,8-9,13H,7,10-11H2,1-4H3,(H,23,26)(H,24,25). The van der Waals surface area contributed by atoms with Gasteiger partial charge in [0.25, 0.3) is 11.8 Å². The van der Waals surface area contributed by atoms with Gasteiger partial charge in [0.1, 0.15) is 5.00 Å². The number of carbonyl (C=O) groups is 2. The van der Waals surface area contributed by atoms with Crippen molar-refractivity contribution in [1.82, 2.24) is 5.32 Å². The number of amides is 2. The Morgan fingerprint density at radius 1 is 1.15 bits per heavy atom. The van der Waals surface area contributed by atoms with E-state index in [1.807, 2.05) is 0 Å². The number of hydrogen-bond donors (Lipinski definition) is 2. The molecule has 1 unspecified atom stereocenters. The molecule has 1 aromatic carbocycles. The third-order valence-corrected chi connectivity index (χ3v) is 6.70. The van der Waals surface area contributed by atoms with E-state index in [9.17, 15) is 9.59 Å². The van der Waals surface area contributed by atoms with Gasteiger partial charge in [0.15, 0.2) is 0 Å². The van der Waals surface area contributed by atoms with Crippen LogP contribution in [0.2, 0.25) is 5.02 Å². The number of halogens is 1. The minimum Gasteiger partial charge on any atom is -0.355 e. The van der Waals surface area contributed by atoms with Crippen LogP contribution in [0.1, 0.15) is 58.3 Å². The average molecular weight is 405 g/mol. The Bertz CT molecular complexity index is 866. The summed E-state index contributed by atoms with van der Waals surface area (Å²) in [6.07, 6.45) is 2.87. The Hall–Kier alpha value is -1.85. The molecule has 0 saturated carbocycles. The van der Waals surface area contributed by atoms with Gasteiger partial charge >= 0.3 is 0 Å². The van der Waals surface area contributed by atoms with E-state index in [4.69, 9.17) is 11.6 Å².